The smallest absolute Gasteiger partial charge is 0.257 e. The highest BCUT2D eigenvalue weighted by molar-refractivity contribution is 6.32. The molecule has 78 valence electrons. The Morgan fingerprint density at radius 1 is 1.43 bits per heavy atom. The summed E-state index contributed by atoms with van der Waals surface area (Å²) in [6.07, 6.45) is -2.60. The van der Waals surface area contributed by atoms with E-state index < -0.39 is 12.5 Å². The van der Waals surface area contributed by atoms with Crippen molar-refractivity contribution in [3.05, 3.63) is 28.8 Å². The molecule has 1 unspecified atom stereocenters. The summed E-state index contributed by atoms with van der Waals surface area (Å²) in [5.41, 5.74) is 5.55. The van der Waals surface area contributed by atoms with Crippen LogP contribution in [-0.2, 0) is 0 Å². The van der Waals surface area contributed by atoms with Crippen LogP contribution < -0.4 is 10.5 Å². The Hall–Kier alpha value is -0.870. The van der Waals surface area contributed by atoms with E-state index in [2.05, 4.69) is 0 Å². The van der Waals surface area contributed by atoms with Crippen molar-refractivity contribution in [1.82, 2.24) is 0 Å². The molecule has 1 aromatic rings. The molecule has 0 fully saturated rings. The summed E-state index contributed by atoms with van der Waals surface area (Å²) in [7, 11) is 1.45. The number of alkyl halides is 2. The molecule has 0 saturated carbocycles. The Kier molecular flexibility index (Phi) is 3.66. The molecular weight excluding hydrogens is 212 g/mol. The number of hydrogen-bond acceptors (Lipinski definition) is 2. The van der Waals surface area contributed by atoms with Gasteiger partial charge in [0.25, 0.3) is 6.43 Å². The van der Waals surface area contributed by atoms with Crippen molar-refractivity contribution in [2.45, 2.75) is 12.5 Å². The summed E-state index contributed by atoms with van der Waals surface area (Å²) < 4.78 is 29.3. The van der Waals surface area contributed by atoms with E-state index in [9.17, 15) is 8.78 Å². The van der Waals surface area contributed by atoms with Gasteiger partial charge in [-0.1, -0.05) is 17.7 Å². The number of rotatable bonds is 3. The number of nitrogens with two attached hydrogens (primary N) is 1. The van der Waals surface area contributed by atoms with E-state index in [0.717, 1.165) is 0 Å². The highest BCUT2D eigenvalue weighted by Crippen LogP contribution is 2.28. The zero-order valence-corrected chi connectivity index (χ0v) is 8.26. The van der Waals surface area contributed by atoms with Crippen molar-refractivity contribution in [2.75, 3.05) is 7.11 Å². The molecule has 2 nitrogen and oxygen atoms in total. The van der Waals surface area contributed by atoms with Crippen LogP contribution in [0.15, 0.2) is 18.2 Å². The monoisotopic (exact) mass is 221 g/mol. The molecule has 1 aromatic carbocycles. The first-order chi connectivity index (χ1) is 6.56. The van der Waals surface area contributed by atoms with Gasteiger partial charge in [0.15, 0.2) is 0 Å². The maximum atomic E-state index is 12.2. The van der Waals surface area contributed by atoms with Crippen molar-refractivity contribution < 1.29 is 13.5 Å². The van der Waals surface area contributed by atoms with Gasteiger partial charge in [0, 0.05) is 0 Å². The van der Waals surface area contributed by atoms with E-state index in [1.54, 1.807) is 0 Å². The Bertz CT molecular complexity index is 320. The summed E-state index contributed by atoms with van der Waals surface area (Å²) in [5.74, 6) is 0.442. The molecule has 0 aliphatic carbocycles. The Morgan fingerprint density at radius 2 is 2.07 bits per heavy atom. The van der Waals surface area contributed by atoms with Crippen LogP contribution in [0.4, 0.5) is 8.78 Å². The topological polar surface area (TPSA) is 35.2 Å². The first kappa shape index (κ1) is 11.2. The Labute approximate surface area is 85.6 Å². The molecule has 0 amide bonds. The highest BCUT2D eigenvalue weighted by atomic mass is 35.5. The number of hydrogen-bond donors (Lipinski definition) is 1. The summed E-state index contributed by atoms with van der Waals surface area (Å²) >= 11 is 5.75. The second kappa shape index (κ2) is 4.57. The van der Waals surface area contributed by atoms with Crippen LogP contribution in [0.1, 0.15) is 11.6 Å². The van der Waals surface area contributed by atoms with Crippen LogP contribution in [0.25, 0.3) is 0 Å². The largest absolute Gasteiger partial charge is 0.495 e. The Balaban J connectivity index is 2.96. The third-order valence-electron chi connectivity index (χ3n) is 1.83. The maximum Gasteiger partial charge on any atom is 0.257 e. The molecule has 0 aliphatic rings. The number of ether oxygens (including phenoxy) is 1. The van der Waals surface area contributed by atoms with Crippen LogP contribution in [0.3, 0.4) is 0 Å². The minimum absolute atomic E-state index is 0.279. The van der Waals surface area contributed by atoms with Crippen molar-refractivity contribution in [2.24, 2.45) is 5.73 Å². The van der Waals surface area contributed by atoms with Gasteiger partial charge in [0.2, 0.25) is 0 Å². The lowest BCUT2D eigenvalue weighted by Crippen LogP contribution is -2.18. The van der Waals surface area contributed by atoms with Crippen LogP contribution in [-0.4, -0.2) is 13.5 Å². The van der Waals surface area contributed by atoms with Crippen LogP contribution in [0, 0.1) is 0 Å². The fraction of sp³-hybridized carbons (Fsp3) is 0.333. The van der Waals surface area contributed by atoms with Gasteiger partial charge in [-0.2, -0.15) is 0 Å². The molecule has 0 radical (unpaired) electrons. The van der Waals surface area contributed by atoms with Crippen LogP contribution in [0.5, 0.6) is 5.75 Å². The van der Waals surface area contributed by atoms with E-state index in [4.69, 9.17) is 22.1 Å². The molecule has 0 aliphatic heterocycles. The summed E-state index contributed by atoms with van der Waals surface area (Å²) in [6.45, 7) is 0. The van der Waals surface area contributed by atoms with Gasteiger partial charge < -0.3 is 10.5 Å². The van der Waals surface area contributed by atoms with Gasteiger partial charge in [0.05, 0.1) is 18.2 Å². The highest BCUT2D eigenvalue weighted by Gasteiger charge is 2.18. The second-order valence-electron chi connectivity index (χ2n) is 2.75. The van der Waals surface area contributed by atoms with Crippen molar-refractivity contribution >= 4 is 11.6 Å². The van der Waals surface area contributed by atoms with Gasteiger partial charge in [-0.3, -0.25) is 0 Å². The van der Waals surface area contributed by atoms with Crippen LogP contribution in [0.2, 0.25) is 5.02 Å². The molecule has 1 rings (SSSR count). The summed E-state index contributed by atoms with van der Waals surface area (Å²) in [4.78, 5) is 0. The molecule has 14 heavy (non-hydrogen) atoms. The van der Waals surface area contributed by atoms with Gasteiger partial charge in [-0.15, -0.1) is 0 Å². The average Bonchev–Trinajstić information content (AvgIpc) is 2.16. The van der Waals surface area contributed by atoms with E-state index >= 15 is 0 Å². The maximum absolute atomic E-state index is 12.2. The molecule has 1 atom stereocenters. The standard InChI is InChI=1S/C9H10ClF2NO/c1-14-7-3-2-5(4-6(7)10)8(13)9(11)12/h2-4,8-9H,13H2,1H3. The second-order valence-corrected chi connectivity index (χ2v) is 3.16. The van der Waals surface area contributed by atoms with Crippen molar-refractivity contribution in [3.63, 3.8) is 0 Å². The molecule has 0 spiro atoms. The number of methoxy groups -OCH3 is 1. The summed E-state index contributed by atoms with van der Waals surface area (Å²) in [5, 5.41) is 0.279. The Morgan fingerprint density at radius 3 is 2.50 bits per heavy atom. The van der Waals surface area contributed by atoms with Gasteiger partial charge in [0.1, 0.15) is 5.75 Å². The van der Waals surface area contributed by atoms with Gasteiger partial charge in [-0.05, 0) is 17.7 Å². The van der Waals surface area contributed by atoms with E-state index in [1.165, 1.54) is 25.3 Å². The zero-order chi connectivity index (χ0) is 10.7. The molecule has 0 aromatic heterocycles. The third kappa shape index (κ3) is 2.33. The number of benzene rings is 1. The first-order valence-corrected chi connectivity index (χ1v) is 4.31. The van der Waals surface area contributed by atoms with Crippen molar-refractivity contribution in [1.29, 1.82) is 0 Å². The normalized spacial score (nSPS) is 13.0. The van der Waals surface area contributed by atoms with Crippen molar-refractivity contribution in [3.8, 4) is 5.75 Å². The van der Waals surface area contributed by atoms with E-state index in [-0.39, 0.29) is 5.02 Å². The summed E-state index contributed by atoms with van der Waals surface area (Å²) in [6, 6.07) is 3.07. The molecule has 5 heteroatoms. The van der Waals surface area contributed by atoms with E-state index in [0.29, 0.717) is 11.3 Å². The lowest BCUT2D eigenvalue weighted by Gasteiger charge is -2.12. The first-order valence-electron chi connectivity index (χ1n) is 3.93. The molecular formula is C9H10ClF2NO. The fourth-order valence-corrected chi connectivity index (χ4v) is 1.30. The lowest BCUT2D eigenvalue weighted by molar-refractivity contribution is 0.116. The quantitative estimate of drug-likeness (QED) is 0.852. The predicted molar refractivity (Wildman–Crippen MR) is 50.9 cm³/mol. The number of halogens is 3. The molecule has 0 saturated heterocycles. The predicted octanol–water partition coefficient (Wildman–Crippen LogP) is 2.61. The molecule has 0 bridgehead atoms. The minimum atomic E-state index is -2.60. The van der Waals surface area contributed by atoms with Gasteiger partial charge >= 0.3 is 0 Å². The lowest BCUT2D eigenvalue weighted by atomic mass is 10.1. The zero-order valence-electron chi connectivity index (χ0n) is 7.51. The fourth-order valence-electron chi connectivity index (χ4n) is 1.04. The van der Waals surface area contributed by atoms with Gasteiger partial charge in [-0.25, -0.2) is 8.78 Å². The minimum Gasteiger partial charge on any atom is -0.495 e. The SMILES string of the molecule is COc1ccc(C(N)C(F)F)cc1Cl. The average molecular weight is 222 g/mol. The molecule has 2 N–H and O–H groups in total. The van der Waals surface area contributed by atoms with Crippen LogP contribution >= 0.6 is 11.6 Å². The molecule has 0 heterocycles. The third-order valence-corrected chi connectivity index (χ3v) is 2.13. The van der Waals surface area contributed by atoms with E-state index in [1.807, 2.05) is 0 Å².